The fourth-order valence-corrected chi connectivity index (χ4v) is 3.79. The first kappa shape index (κ1) is 18.7. The van der Waals surface area contributed by atoms with Gasteiger partial charge in [0.1, 0.15) is 11.5 Å². The molecule has 0 spiro atoms. The molecule has 0 atom stereocenters. The predicted molar refractivity (Wildman–Crippen MR) is 102 cm³/mol. The molecule has 0 unspecified atom stereocenters. The Labute approximate surface area is 158 Å². The first-order valence-electron chi connectivity index (χ1n) is 8.80. The molecule has 5 nitrogen and oxygen atoms in total. The van der Waals surface area contributed by atoms with Crippen molar-refractivity contribution < 1.29 is 19.0 Å². The molecule has 0 aliphatic carbocycles. The van der Waals surface area contributed by atoms with E-state index in [1.165, 1.54) is 0 Å². The van der Waals surface area contributed by atoms with Gasteiger partial charge in [-0.2, -0.15) is 11.3 Å². The molecule has 1 aliphatic rings. The number of rotatable bonds is 7. The van der Waals surface area contributed by atoms with E-state index in [-0.39, 0.29) is 5.91 Å². The molecular formula is C20H25NO4S. The highest BCUT2D eigenvalue weighted by Gasteiger charge is 2.23. The number of thiophene rings is 1. The quantitative estimate of drug-likeness (QED) is 0.738. The van der Waals surface area contributed by atoms with Crippen LogP contribution in [0.15, 0.2) is 35.0 Å². The average molecular weight is 375 g/mol. The lowest BCUT2D eigenvalue weighted by atomic mass is 9.97. The zero-order valence-electron chi connectivity index (χ0n) is 15.3. The lowest BCUT2D eigenvalue weighted by Gasteiger charge is -2.31. The van der Waals surface area contributed by atoms with Crippen LogP contribution in [0.2, 0.25) is 0 Å². The van der Waals surface area contributed by atoms with Gasteiger partial charge in [-0.05, 0) is 47.9 Å². The molecule has 140 valence electrons. The molecule has 26 heavy (non-hydrogen) atoms. The van der Waals surface area contributed by atoms with Crippen LogP contribution in [0.3, 0.4) is 0 Å². The van der Waals surface area contributed by atoms with E-state index in [1.807, 2.05) is 39.9 Å². The second kappa shape index (κ2) is 9.05. The SMILES string of the molecule is COc1cc(COCC2CCN(C(=O)c3ccsc3)CC2)cc(OC)c1. The molecule has 0 radical (unpaired) electrons. The highest BCUT2D eigenvalue weighted by atomic mass is 32.1. The van der Waals surface area contributed by atoms with Crippen LogP contribution in [-0.4, -0.2) is 44.7 Å². The Morgan fingerprint density at radius 1 is 1.15 bits per heavy atom. The third-order valence-electron chi connectivity index (χ3n) is 4.70. The molecule has 1 saturated heterocycles. The summed E-state index contributed by atoms with van der Waals surface area (Å²) in [5.74, 6) is 2.18. The number of benzene rings is 1. The van der Waals surface area contributed by atoms with Gasteiger partial charge in [-0.25, -0.2) is 0 Å². The molecule has 1 aliphatic heterocycles. The third-order valence-corrected chi connectivity index (χ3v) is 5.39. The zero-order valence-corrected chi connectivity index (χ0v) is 16.1. The third kappa shape index (κ3) is 4.77. The molecule has 0 bridgehead atoms. The van der Waals surface area contributed by atoms with Crippen LogP contribution in [0.25, 0.3) is 0 Å². The summed E-state index contributed by atoms with van der Waals surface area (Å²) in [6, 6.07) is 7.67. The number of amides is 1. The van der Waals surface area contributed by atoms with Crippen molar-refractivity contribution in [1.29, 1.82) is 0 Å². The second-order valence-electron chi connectivity index (χ2n) is 6.48. The van der Waals surface area contributed by atoms with E-state index in [0.717, 1.165) is 48.6 Å². The van der Waals surface area contributed by atoms with Crippen molar-refractivity contribution in [3.8, 4) is 11.5 Å². The van der Waals surface area contributed by atoms with Crippen molar-refractivity contribution in [2.24, 2.45) is 5.92 Å². The molecule has 2 heterocycles. The standard InChI is InChI=1S/C20H25NO4S/c1-23-18-9-16(10-19(11-18)24-2)13-25-12-15-3-6-21(7-4-15)20(22)17-5-8-26-14-17/h5,8-11,14-15H,3-4,6-7,12-13H2,1-2H3. The van der Waals surface area contributed by atoms with Gasteiger partial charge in [0.15, 0.2) is 0 Å². The first-order valence-corrected chi connectivity index (χ1v) is 9.75. The number of likely N-dealkylation sites (tertiary alicyclic amines) is 1. The van der Waals surface area contributed by atoms with Crippen molar-refractivity contribution in [3.63, 3.8) is 0 Å². The minimum Gasteiger partial charge on any atom is -0.497 e. The number of nitrogens with zero attached hydrogens (tertiary/aromatic N) is 1. The average Bonchev–Trinajstić information content (AvgIpc) is 3.22. The van der Waals surface area contributed by atoms with E-state index in [9.17, 15) is 4.79 Å². The van der Waals surface area contributed by atoms with Crippen LogP contribution in [0.1, 0.15) is 28.8 Å². The highest BCUT2D eigenvalue weighted by molar-refractivity contribution is 7.08. The largest absolute Gasteiger partial charge is 0.497 e. The van der Waals surface area contributed by atoms with Gasteiger partial charge >= 0.3 is 0 Å². The van der Waals surface area contributed by atoms with E-state index in [1.54, 1.807) is 25.6 Å². The molecular weight excluding hydrogens is 350 g/mol. The molecule has 0 saturated carbocycles. The number of hydrogen-bond donors (Lipinski definition) is 0. The highest BCUT2D eigenvalue weighted by Crippen LogP contribution is 2.24. The van der Waals surface area contributed by atoms with Crippen molar-refractivity contribution >= 4 is 17.2 Å². The molecule has 0 N–H and O–H groups in total. The number of carbonyl (C=O) groups excluding carboxylic acids is 1. The lowest BCUT2D eigenvalue weighted by Crippen LogP contribution is -2.39. The predicted octanol–water partition coefficient (Wildman–Crippen LogP) is 3.83. The fourth-order valence-electron chi connectivity index (χ4n) is 3.16. The van der Waals surface area contributed by atoms with Gasteiger partial charge in [-0.3, -0.25) is 4.79 Å². The van der Waals surface area contributed by atoms with Crippen molar-refractivity contribution in [2.75, 3.05) is 33.9 Å². The van der Waals surface area contributed by atoms with Gasteiger partial charge in [0.25, 0.3) is 5.91 Å². The summed E-state index contributed by atoms with van der Waals surface area (Å²) in [4.78, 5) is 14.3. The van der Waals surface area contributed by atoms with Crippen molar-refractivity contribution in [3.05, 3.63) is 46.2 Å². The zero-order chi connectivity index (χ0) is 18.4. The second-order valence-corrected chi connectivity index (χ2v) is 7.26. The number of hydrogen-bond acceptors (Lipinski definition) is 5. The number of piperidine rings is 1. The molecule has 2 aromatic rings. The van der Waals surface area contributed by atoms with E-state index in [2.05, 4.69) is 0 Å². The Kier molecular flexibility index (Phi) is 6.52. The van der Waals surface area contributed by atoms with E-state index >= 15 is 0 Å². The van der Waals surface area contributed by atoms with Crippen LogP contribution in [-0.2, 0) is 11.3 Å². The Bertz CT molecular complexity index is 686. The van der Waals surface area contributed by atoms with Gasteiger partial charge in [0.2, 0.25) is 0 Å². The summed E-state index contributed by atoms with van der Waals surface area (Å²) >= 11 is 1.56. The van der Waals surface area contributed by atoms with Gasteiger partial charge < -0.3 is 19.1 Å². The summed E-state index contributed by atoms with van der Waals surface area (Å²) in [5.41, 5.74) is 1.84. The lowest BCUT2D eigenvalue weighted by molar-refractivity contribution is 0.0478. The number of carbonyl (C=O) groups is 1. The van der Waals surface area contributed by atoms with E-state index in [0.29, 0.717) is 19.1 Å². The topological polar surface area (TPSA) is 48.0 Å². The van der Waals surface area contributed by atoms with Crippen LogP contribution in [0, 0.1) is 5.92 Å². The summed E-state index contributed by atoms with van der Waals surface area (Å²) in [6.07, 6.45) is 1.97. The van der Waals surface area contributed by atoms with Crippen LogP contribution < -0.4 is 9.47 Å². The summed E-state index contributed by atoms with van der Waals surface area (Å²) in [5, 5.41) is 3.86. The number of methoxy groups -OCH3 is 2. The van der Waals surface area contributed by atoms with Crippen molar-refractivity contribution in [2.45, 2.75) is 19.4 Å². The molecule has 1 amide bonds. The molecule has 3 rings (SSSR count). The smallest absolute Gasteiger partial charge is 0.254 e. The normalized spacial score (nSPS) is 15.1. The van der Waals surface area contributed by atoms with Gasteiger partial charge in [-0.1, -0.05) is 0 Å². The Morgan fingerprint density at radius 3 is 2.42 bits per heavy atom. The summed E-state index contributed by atoms with van der Waals surface area (Å²) < 4.78 is 16.5. The van der Waals surface area contributed by atoms with Crippen LogP contribution in [0.5, 0.6) is 11.5 Å². The Balaban J connectivity index is 1.43. The minimum absolute atomic E-state index is 0.147. The Hall–Kier alpha value is -2.05. The monoisotopic (exact) mass is 375 g/mol. The van der Waals surface area contributed by atoms with E-state index < -0.39 is 0 Å². The maximum Gasteiger partial charge on any atom is 0.254 e. The molecule has 1 aromatic heterocycles. The van der Waals surface area contributed by atoms with Crippen LogP contribution >= 0.6 is 11.3 Å². The van der Waals surface area contributed by atoms with Gasteiger partial charge in [0, 0.05) is 31.1 Å². The van der Waals surface area contributed by atoms with Crippen molar-refractivity contribution in [1.82, 2.24) is 4.90 Å². The summed E-state index contributed by atoms with van der Waals surface area (Å²) in [6.45, 7) is 2.84. The number of ether oxygens (including phenoxy) is 3. The molecule has 1 fully saturated rings. The summed E-state index contributed by atoms with van der Waals surface area (Å²) in [7, 11) is 3.29. The molecule has 1 aromatic carbocycles. The van der Waals surface area contributed by atoms with E-state index in [4.69, 9.17) is 14.2 Å². The van der Waals surface area contributed by atoms with Crippen LogP contribution in [0.4, 0.5) is 0 Å². The molecule has 6 heteroatoms. The minimum atomic E-state index is 0.147. The Morgan fingerprint density at radius 2 is 1.85 bits per heavy atom. The fraction of sp³-hybridized carbons (Fsp3) is 0.450. The maximum atomic E-state index is 12.4. The van der Waals surface area contributed by atoms with Gasteiger partial charge in [0.05, 0.1) is 26.4 Å². The van der Waals surface area contributed by atoms with Gasteiger partial charge in [-0.15, -0.1) is 0 Å². The first-order chi connectivity index (χ1) is 12.7. The maximum absolute atomic E-state index is 12.4.